The van der Waals surface area contributed by atoms with E-state index in [0.717, 1.165) is 0 Å². The SMILES string of the molecule is Cn1nc(C2CCCCC2)c(C2CCC2)c1NC(=O)O. The van der Waals surface area contributed by atoms with Crippen molar-refractivity contribution >= 4 is 11.9 Å². The highest BCUT2D eigenvalue weighted by molar-refractivity contribution is 5.83. The summed E-state index contributed by atoms with van der Waals surface area (Å²) in [5, 5.41) is 16.3. The number of nitrogens with one attached hydrogen (secondary N) is 1. The van der Waals surface area contributed by atoms with Crippen LogP contribution in [0.2, 0.25) is 0 Å². The summed E-state index contributed by atoms with van der Waals surface area (Å²) >= 11 is 0. The summed E-state index contributed by atoms with van der Waals surface area (Å²) in [6.07, 6.45) is 8.84. The van der Waals surface area contributed by atoms with Crippen LogP contribution < -0.4 is 5.32 Å². The Morgan fingerprint density at radius 2 is 1.80 bits per heavy atom. The van der Waals surface area contributed by atoms with Crippen molar-refractivity contribution < 1.29 is 9.90 Å². The van der Waals surface area contributed by atoms with Crippen LogP contribution in [0.5, 0.6) is 0 Å². The summed E-state index contributed by atoms with van der Waals surface area (Å²) in [7, 11) is 1.85. The fourth-order valence-electron chi connectivity index (χ4n) is 3.59. The molecular formula is C15H23N3O2. The number of carbonyl (C=O) groups is 1. The molecule has 0 saturated heterocycles. The smallest absolute Gasteiger partial charge is 0.410 e. The van der Waals surface area contributed by atoms with Crippen LogP contribution in [0.3, 0.4) is 0 Å². The predicted molar refractivity (Wildman–Crippen MR) is 77.3 cm³/mol. The normalized spacial score (nSPS) is 20.6. The molecule has 1 amide bonds. The molecule has 1 aromatic heterocycles. The maximum atomic E-state index is 11.0. The first kappa shape index (κ1) is 13.5. The Morgan fingerprint density at radius 3 is 2.35 bits per heavy atom. The van der Waals surface area contributed by atoms with Gasteiger partial charge in [0.05, 0.1) is 5.69 Å². The zero-order valence-electron chi connectivity index (χ0n) is 12.1. The number of aryl methyl sites for hydroxylation is 1. The van der Waals surface area contributed by atoms with Gasteiger partial charge in [-0.15, -0.1) is 0 Å². The molecule has 2 aliphatic rings. The van der Waals surface area contributed by atoms with Crippen molar-refractivity contribution in [3.8, 4) is 0 Å². The first-order valence-electron chi connectivity index (χ1n) is 7.73. The number of aromatic nitrogens is 2. The summed E-state index contributed by atoms with van der Waals surface area (Å²) < 4.78 is 1.73. The van der Waals surface area contributed by atoms with Gasteiger partial charge in [0.25, 0.3) is 0 Å². The quantitative estimate of drug-likeness (QED) is 0.882. The Balaban J connectivity index is 1.97. The lowest BCUT2D eigenvalue weighted by Gasteiger charge is -2.29. The number of hydrogen-bond acceptors (Lipinski definition) is 2. The number of rotatable bonds is 3. The molecule has 2 aliphatic carbocycles. The third-order valence-electron chi connectivity index (χ3n) is 4.84. The molecule has 0 bridgehead atoms. The average Bonchev–Trinajstić information content (AvgIpc) is 2.67. The third kappa shape index (κ3) is 2.41. The molecule has 3 rings (SSSR count). The van der Waals surface area contributed by atoms with Crippen molar-refractivity contribution in [2.24, 2.45) is 7.05 Å². The molecule has 110 valence electrons. The van der Waals surface area contributed by atoms with Crippen molar-refractivity contribution in [3.05, 3.63) is 11.3 Å². The van der Waals surface area contributed by atoms with Crippen LogP contribution in [0.4, 0.5) is 10.6 Å². The topological polar surface area (TPSA) is 67.2 Å². The fourth-order valence-corrected chi connectivity index (χ4v) is 3.59. The Bertz CT molecular complexity index is 499. The molecule has 0 radical (unpaired) electrons. The van der Waals surface area contributed by atoms with Gasteiger partial charge in [-0.3, -0.25) is 10.00 Å². The minimum absolute atomic E-state index is 0.502. The summed E-state index contributed by atoms with van der Waals surface area (Å²) in [6, 6.07) is 0. The van der Waals surface area contributed by atoms with E-state index in [1.54, 1.807) is 4.68 Å². The number of anilines is 1. The van der Waals surface area contributed by atoms with Gasteiger partial charge in [-0.1, -0.05) is 25.7 Å². The van der Waals surface area contributed by atoms with Gasteiger partial charge in [-0.05, 0) is 31.6 Å². The summed E-state index contributed by atoms with van der Waals surface area (Å²) in [4.78, 5) is 11.0. The van der Waals surface area contributed by atoms with E-state index >= 15 is 0 Å². The van der Waals surface area contributed by atoms with Crippen LogP contribution in [0.25, 0.3) is 0 Å². The van der Waals surface area contributed by atoms with E-state index in [1.807, 2.05) is 7.05 Å². The van der Waals surface area contributed by atoms with E-state index in [9.17, 15) is 4.79 Å². The van der Waals surface area contributed by atoms with Crippen LogP contribution >= 0.6 is 0 Å². The van der Waals surface area contributed by atoms with Crippen molar-refractivity contribution in [3.63, 3.8) is 0 Å². The molecule has 1 heterocycles. The van der Waals surface area contributed by atoms with Gasteiger partial charge in [0.2, 0.25) is 0 Å². The fraction of sp³-hybridized carbons (Fsp3) is 0.733. The van der Waals surface area contributed by atoms with Crippen molar-refractivity contribution in [1.29, 1.82) is 0 Å². The van der Waals surface area contributed by atoms with Crippen LogP contribution in [0.15, 0.2) is 0 Å². The zero-order chi connectivity index (χ0) is 14.1. The first-order valence-corrected chi connectivity index (χ1v) is 7.73. The van der Waals surface area contributed by atoms with Crippen molar-refractivity contribution in [2.45, 2.75) is 63.2 Å². The number of hydrogen-bond donors (Lipinski definition) is 2. The van der Waals surface area contributed by atoms with Crippen LogP contribution in [-0.4, -0.2) is 21.0 Å². The summed E-state index contributed by atoms with van der Waals surface area (Å²) in [6.45, 7) is 0. The number of amides is 1. The highest BCUT2D eigenvalue weighted by Gasteiger charge is 2.32. The molecule has 20 heavy (non-hydrogen) atoms. The number of nitrogens with zero attached hydrogens (tertiary/aromatic N) is 2. The van der Waals surface area contributed by atoms with E-state index in [-0.39, 0.29) is 0 Å². The van der Waals surface area contributed by atoms with Crippen LogP contribution in [-0.2, 0) is 7.05 Å². The molecule has 0 unspecified atom stereocenters. The zero-order valence-corrected chi connectivity index (χ0v) is 12.1. The number of carboxylic acid groups (broad SMARTS) is 1. The van der Waals surface area contributed by atoms with E-state index in [1.165, 1.54) is 62.6 Å². The molecule has 0 spiro atoms. The van der Waals surface area contributed by atoms with Gasteiger partial charge in [0.1, 0.15) is 5.82 Å². The largest absolute Gasteiger partial charge is 0.465 e. The highest BCUT2D eigenvalue weighted by Crippen LogP contribution is 2.45. The Kier molecular flexibility index (Phi) is 3.68. The molecule has 5 nitrogen and oxygen atoms in total. The van der Waals surface area contributed by atoms with Gasteiger partial charge in [0, 0.05) is 18.5 Å². The minimum atomic E-state index is -0.997. The Labute approximate surface area is 119 Å². The maximum Gasteiger partial charge on any atom is 0.410 e. The lowest BCUT2D eigenvalue weighted by molar-refractivity contribution is 0.209. The second-order valence-electron chi connectivity index (χ2n) is 6.16. The predicted octanol–water partition coefficient (Wildman–Crippen LogP) is 3.83. The standard InChI is InChI=1S/C15H23N3O2/c1-18-14(16-15(19)20)12(10-8-5-9-10)13(17-18)11-6-3-2-4-7-11/h10-11,16H,2-9H2,1H3,(H,19,20). The lowest BCUT2D eigenvalue weighted by atomic mass is 9.76. The van der Waals surface area contributed by atoms with Crippen molar-refractivity contribution in [1.82, 2.24) is 9.78 Å². The molecule has 0 atom stereocenters. The molecule has 1 aromatic rings. The molecule has 2 N–H and O–H groups in total. The molecule has 2 fully saturated rings. The third-order valence-corrected chi connectivity index (χ3v) is 4.84. The molecular weight excluding hydrogens is 254 g/mol. The van der Waals surface area contributed by atoms with Crippen LogP contribution in [0.1, 0.15) is 74.5 Å². The summed E-state index contributed by atoms with van der Waals surface area (Å²) in [5.74, 6) is 1.72. The first-order chi connectivity index (χ1) is 9.66. The van der Waals surface area contributed by atoms with Gasteiger partial charge in [-0.2, -0.15) is 5.10 Å². The van der Waals surface area contributed by atoms with E-state index in [0.29, 0.717) is 17.7 Å². The monoisotopic (exact) mass is 277 g/mol. The van der Waals surface area contributed by atoms with Gasteiger partial charge in [0.15, 0.2) is 0 Å². The van der Waals surface area contributed by atoms with Gasteiger partial charge >= 0.3 is 6.09 Å². The summed E-state index contributed by atoms with van der Waals surface area (Å²) in [5.41, 5.74) is 2.36. The highest BCUT2D eigenvalue weighted by atomic mass is 16.4. The minimum Gasteiger partial charge on any atom is -0.465 e. The second kappa shape index (κ2) is 5.46. The Hall–Kier alpha value is -1.52. The second-order valence-corrected chi connectivity index (χ2v) is 6.16. The molecule has 5 heteroatoms. The Morgan fingerprint density at radius 1 is 1.15 bits per heavy atom. The lowest BCUT2D eigenvalue weighted by Crippen LogP contribution is -2.17. The molecule has 0 aliphatic heterocycles. The van der Waals surface area contributed by atoms with Gasteiger partial charge in [-0.25, -0.2) is 4.79 Å². The van der Waals surface area contributed by atoms with Gasteiger partial charge < -0.3 is 5.11 Å². The van der Waals surface area contributed by atoms with Crippen molar-refractivity contribution in [2.75, 3.05) is 5.32 Å². The van der Waals surface area contributed by atoms with Crippen LogP contribution in [0, 0.1) is 0 Å². The van der Waals surface area contributed by atoms with E-state index < -0.39 is 6.09 Å². The maximum absolute atomic E-state index is 11.0. The molecule has 0 aromatic carbocycles. The van der Waals surface area contributed by atoms with E-state index in [4.69, 9.17) is 5.11 Å². The molecule has 2 saturated carbocycles. The van der Waals surface area contributed by atoms with E-state index in [2.05, 4.69) is 10.4 Å². The average molecular weight is 277 g/mol.